The molecule has 0 unspecified atom stereocenters. The molecule has 1 aliphatic heterocycles. The predicted octanol–water partition coefficient (Wildman–Crippen LogP) is 4.09. The quantitative estimate of drug-likeness (QED) is 0.563. The number of carbonyl (C=O) groups excluding carboxylic acids is 1. The van der Waals surface area contributed by atoms with Gasteiger partial charge in [0, 0.05) is 20.0 Å². The zero-order valence-corrected chi connectivity index (χ0v) is 17.8. The number of aromatic hydroxyl groups is 1. The second kappa shape index (κ2) is 10.8. The zero-order valence-electron chi connectivity index (χ0n) is 16.0. The molecule has 0 atom stereocenters. The third-order valence-electron chi connectivity index (χ3n) is 3.54. The number of rotatable bonds is 4. The topological polar surface area (TPSA) is 76.8 Å². The Kier molecular flexibility index (Phi) is 10.2. The summed E-state index contributed by atoms with van der Waals surface area (Å²) in [5.74, 6) is -0.337. The molecule has 0 aliphatic carbocycles. The summed E-state index contributed by atoms with van der Waals surface area (Å²) in [4.78, 5) is 11.6. The number of phenolic OH excluding ortho intramolecular Hbond substituents is 1. The van der Waals surface area contributed by atoms with Gasteiger partial charge in [-0.25, -0.2) is 0 Å². The molecular formula is C17H24F3N3O3S2. The fourth-order valence-electron chi connectivity index (χ4n) is 2.34. The molecule has 1 saturated heterocycles. The normalized spacial score (nSPS) is 15.5. The van der Waals surface area contributed by atoms with Crippen molar-refractivity contribution >= 4 is 31.6 Å². The van der Waals surface area contributed by atoms with Gasteiger partial charge in [0.15, 0.2) is 0 Å². The molecule has 0 aromatic heterocycles. The van der Waals surface area contributed by atoms with Gasteiger partial charge in [-0.2, -0.15) is 31.9 Å². The van der Waals surface area contributed by atoms with E-state index in [-0.39, 0.29) is 24.8 Å². The van der Waals surface area contributed by atoms with Gasteiger partial charge in [0.05, 0.1) is 23.8 Å². The lowest BCUT2D eigenvalue weighted by Gasteiger charge is -2.26. The number of benzene rings is 1. The van der Waals surface area contributed by atoms with Gasteiger partial charge in [0.2, 0.25) is 5.91 Å². The molecule has 28 heavy (non-hydrogen) atoms. The van der Waals surface area contributed by atoms with Crippen LogP contribution in [0.1, 0.15) is 38.3 Å². The van der Waals surface area contributed by atoms with Crippen molar-refractivity contribution < 1.29 is 27.3 Å². The van der Waals surface area contributed by atoms with E-state index in [9.17, 15) is 18.0 Å². The van der Waals surface area contributed by atoms with Crippen molar-refractivity contribution in [2.75, 3.05) is 20.2 Å². The standard InChI is InChI=1S/C9H18N2O2S.C8H4F3NO.H2S/c1-5-13-14-10(4)11-7-9(2,3)6-8(11)12;9-8(10,11)7-3-6(13)2-1-5(7)4-12;/h5-7H2,1-4H3;1-3,13H;1H2. The summed E-state index contributed by atoms with van der Waals surface area (Å²) in [5.41, 5.74) is -1.53. The Morgan fingerprint density at radius 2 is 2.04 bits per heavy atom. The first-order chi connectivity index (χ1) is 12.4. The molecule has 1 amide bonds. The molecule has 1 N–H and O–H groups in total. The fraction of sp³-hybridized carbons (Fsp3) is 0.529. The van der Waals surface area contributed by atoms with Crippen LogP contribution < -0.4 is 0 Å². The van der Waals surface area contributed by atoms with Crippen LogP contribution >= 0.6 is 25.7 Å². The summed E-state index contributed by atoms with van der Waals surface area (Å²) >= 11 is 1.22. The third-order valence-corrected chi connectivity index (χ3v) is 4.30. The van der Waals surface area contributed by atoms with Crippen LogP contribution in [0.4, 0.5) is 13.2 Å². The van der Waals surface area contributed by atoms with Crippen molar-refractivity contribution in [3.05, 3.63) is 29.3 Å². The first kappa shape index (κ1) is 26.4. The van der Waals surface area contributed by atoms with E-state index in [1.165, 1.54) is 18.3 Å². The van der Waals surface area contributed by atoms with Gasteiger partial charge in [-0.15, -0.1) is 4.41 Å². The molecular weight excluding hydrogens is 415 g/mol. The van der Waals surface area contributed by atoms with Crippen LogP contribution in [-0.2, 0) is 15.2 Å². The zero-order chi connectivity index (χ0) is 20.8. The highest BCUT2D eigenvalue weighted by Crippen LogP contribution is 2.34. The van der Waals surface area contributed by atoms with Gasteiger partial charge in [0.1, 0.15) is 18.0 Å². The van der Waals surface area contributed by atoms with Crippen LogP contribution in [0, 0.1) is 16.7 Å². The number of phenols is 1. The average Bonchev–Trinajstić information content (AvgIpc) is 2.85. The average molecular weight is 440 g/mol. The van der Waals surface area contributed by atoms with Crippen LogP contribution in [-0.4, -0.2) is 40.6 Å². The molecule has 1 aliphatic rings. The van der Waals surface area contributed by atoms with E-state index in [0.717, 1.165) is 18.7 Å². The van der Waals surface area contributed by atoms with E-state index < -0.39 is 23.1 Å². The predicted molar refractivity (Wildman–Crippen MR) is 105 cm³/mol. The molecule has 1 heterocycles. The van der Waals surface area contributed by atoms with Crippen molar-refractivity contribution in [3.8, 4) is 11.8 Å². The second-order valence-electron chi connectivity index (χ2n) is 6.58. The maximum absolute atomic E-state index is 12.2. The largest absolute Gasteiger partial charge is 0.508 e. The van der Waals surface area contributed by atoms with Crippen LogP contribution in [0.3, 0.4) is 0 Å². The van der Waals surface area contributed by atoms with E-state index in [2.05, 4.69) is 13.8 Å². The van der Waals surface area contributed by atoms with Crippen molar-refractivity contribution in [2.24, 2.45) is 5.41 Å². The second-order valence-corrected chi connectivity index (χ2v) is 7.49. The van der Waals surface area contributed by atoms with Crippen LogP contribution in [0.2, 0.25) is 0 Å². The number of nitrogens with zero attached hydrogens (tertiary/aromatic N) is 3. The van der Waals surface area contributed by atoms with E-state index in [1.54, 1.807) is 9.42 Å². The maximum atomic E-state index is 12.2. The van der Waals surface area contributed by atoms with Crippen molar-refractivity contribution in [1.29, 1.82) is 5.26 Å². The molecule has 158 valence electrons. The van der Waals surface area contributed by atoms with Gasteiger partial charge in [0.25, 0.3) is 0 Å². The third kappa shape index (κ3) is 7.79. The van der Waals surface area contributed by atoms with Crippen molar-refractivity contribution in [2.45, 2.75) is 33.4 Å². The SMILES string of the molecule is CCOSN(C)N1CC(C)(C)CC1=O.N#Cc1ccc(O)cc1C(F)(F)F.S. The Labute approximate surface area is 174 Å². The summed E-state index contributed by atoms with van der Waals surface area (Å²) in [6.45, 7) is 7.54. The Morgan fingerprint density at radius 1 is 1.43 bits per heavy atom. The summed E-state index contributed by atoms with van der Waals surface area (Å²) < 4.78 is 43.4. The highest BCUT2D eigenvalue weighted by atomic mass is 32.2. The highest BCUT2D eigenvalue weighted by Gasteiger charge is 2.38. The van der Waals surface area contributed by atoms with Gasteiger partial charge in [-0.1, -0.05) is 13.8 Å². The number of hydrogen-bond acceptors (Lipinski definition) is 6. The van der Waals surface area contributed by atoms with Crippen molar-refractivity contribution in [1.82, 2.24) is 9.42 Å². The molecule has 0 radical (unpaired) electrons. The monoisotopic (exact) mass is 439 g/mol. The molecule has 11 heteroatoms. The van der Waals surface area contributed by atoms with E-state index in [0.29, 0.717) is 19.1 Å². The van der Waals surface area contributed by atoms with Gasteiger partial charge in [-0.05, 0) is 30.5 Å². The van der Waals surface area contributed by atoms with Gasteiger partial charge in [-0.3, -0.25) is 9.80 Å². The van der Waals surface area contributed by atoms with Gasteiger partial charge >= 0.3 is 6.18 Å². The van der Waals surface area contributed by atoms with Gasteiger partial charge < -0.3 is 9.29 Å². The number of halogens is 3. The summed E-state index contributed by atoms with van der Waals surface area (Å²) in [5, 5.41) is 18.9. The summed E-state index contributed by atoms with van der Waals surface area (Å²) in [6.07, 6.45) is -3.99. The number of amides is 1. The fourth-order valence-corrected chi connectivity index (χ4v) is 2.83. The highest BCUT2D eigenvalue weighted by molar-refractivity contribution is 7.92. The number of hydrogen-bond donors (Lipinski definition) is 1. The molecule has 1 aromatic rings. The number of hydrazine groups is 1. The molecule has 1 aromatic carbocycles. The van der Waals surface area contributed by atoms with Crippen LogP contribution in [0.5, 0.6) is 5.75 Å². The Hall–Kier alpha value is -1.61. The van der Waals surface area contributed by atoms with E-state index >= 15 is 0 Å². The van der Waals surface area contributed by atoms with Crippen LogP contribution in [0.25, 0.3) is 0 Å². The minimum Gasteiger partial charge on any atom is -0.508 e. The minimum atomic E-state index is -4.61. The Bertz CT molecular complexity index is 709. The van der Waals surface area contributed by atoms with E-state index in [4.69, 9.17) is 14.6 Å². The number of carbonyl (C=O) groups is 1. The molecule has 0 bridgehead atoms. The number of alkyl halides is 3. The lowest BCUT2D eigenvalue weighted by molar-refractivity contribution is -0.138. The lowest BCUT2D eigenvalue weighted by Crippen LogP contribution is -2.37. The Balaban J connectivity index is 0.000000504. The molecule has 1 fully saturated rings. The first-order valence-corrected chi connectivity index (χ1v) is 8.75. The van der Waals surface area contributed by atoms with Crippen molar-refractivity contribution in [3.63, 3.8) is 0 Å². The molecule has 2 rings (SSSR count). The molecule has 6 nitrogen and oxygen atoms in total. The van der Waals surface area contributed by atoms with Crippen LogP contribution in [0.15, 0.2) is 18.2 Å². The minimum absolute atomic E-state index is 0. The smallest absolute Gasteiger partial charge is 0.417 e. The molecule has 0 spiro atoms. The number of nitriles is 1. The summed E-state index contributed by atoms with van der Waals surface area (Å²) in [6, 6.07) is 3.89. The summed E-state index contributed by atoms with van der Waals surface area (Å²) in [7, 11) is 1.85. The molecule has 0 saturated carbocycles. The maximum Gasteiger partial charge on any atom is 0.417 e. The van der Waals surface area contributed by atoms with E-state index in [1.807, 2.05) is 14.0 Å². The first-order valence-electron chi connectivity index (χ1n) is 8.05. The Morgan fingerprint density at radius 3 is 2.46 bits per heavy atom. The lowest BCUT2D eigenvalue weighted by atomic mass is 9.93.